The predicted molar refractivity (Wildman–Crippen MR) is 77.5 cm³/mol. The Morgan fingerprint density at radius 3 is 2.63 bits per heavy atom. The van der Waals surface area contributed by atoms with Gasteiger partial charge in [-0.25, -0.2) is 4.79 Å². The summed E-state index contributed by atoms with van der Waals surface area (Å²) in [7, 11) is 0. The first-order valence-corrected chi connectivity index (χ1v) is 6.25. The van der Waals surface area contributed by atoms with E-state index in [4.69, 9.17) is 0 Å². The third-order valence-electron chi connectivity index (χ3n) is 2.73. The molecule has 1 rings (SSSR count). The Bertz CT molecular complexity index is 481. The SMILES string of the molecule is C=CCN(C(=O)Nc1cccc(C(C)=O)c1)C(C)C. The van der Waals surface area contributed by atoms with Crippen LogP contribution < -0.4 is 5.32 Å². The van der Waals surface area contributed by atoms with Crippen molar-refractivity contribution < 1.29 is 9.59 Å². The lowest BCUT2D eigenvalue weighted by Gasteiger charge is -2.25. The summed E-state index contributed by atoms with van der Waals surface area (Å²) in [4.78, 5) is 25.1. The highest BCUT2D eigenvalue weighted by Gasteiger charge is 2.15. The van der Waals surface area contributed by atoms with Gasteiger partial charge in [-0.05, 0) is 32.9 Å². The molecule has 19 heavy (non-hydrogen) atoms. The maximum absolute atomic E-state index is 12.1. The number of benzene rings is 1. The summed E-state index contributed by atoms with van der Waals surface area (Å²) in [5.41, 5.74) is 1.20. The van der Waals surface area contributed by atoms with Gasteiger partial charge in [-0.1, -0.05) is 18.2 Å². The van der Waals surface area contributed by atoms with Crippen LogP contribution in [0.3, 0.4) is 0 Å². The predicted octanol–water partition coefficient (Wildman–Crippen LogP) is 3.32. The van der Waals surface area contributed by atoms with Crippen LogP contribution in [-0.2, 0) is 0 Å². The molecule has 0 aromatic heterocycles. The van der Waals surface area contributed by atoms with Gasteiger partial charge in [-0.15, -0.1) is 6.58 Å². The van der Waals surface area contributed by atoms with Crippen molar-refractivity contribution in [2.24, 2.45) is 0 Å². The van der Waals surface area contributed by atoms with Crippen molar-refractivity contribution in [1.29, 1.82) is 0 Å². The molecule has 0 fully saturated rings. The van der Waals surface area contributed by atoms with Crippen molar-refractivity contribution >= 4 is 17.5 Å². The number of nitrogens with zero attached hydrogens (tertiary/aromatic N) is 1. The number of hydrogen-bond donors (Lipinski definition) is 1. The second-order valence-electron chi connectivity index (χ2n) is 4.60. The van der Waals surface area contributed by atoms with E-state index in [-0.39, 0.29) is 17.9 Å². The average Bonchev–Trinajstić information content (AvgIpc) is 2.35. The summed E-state index contributed by atoms with van der Waals surface area (Å²) in [6.45, 7) is 9.50. The van der Waals surface area contributed by atoms with Gasteiger partial charge in [-0.3, -0.25) is 4.79 Å². The third-order valence-corrected chi connectivity index (χ3v) is 2.73. The molecule has 0 atom stereocenters. The summed E-state index contributed by atoms with van der Waals surface area (Å²) in [5, 5.41) is 2.79. The molecular formula is C15H20N2O2. The zero-order valence-electron chi connectivity index (χ0n) is 11.6. The van der Waals surface area contributed by atoms with Gasteiger partial charge in [0.25, 0.3) is 0 Å². The van der Waals surface area contributed by atoms with Crippen molar-refractivity contribution in [3.05, 3.63) is 42.5 Å². The van der Waals surface area contributed by atoms with Crippen molar-refractivity contribution in [2.75, 3.05) is 11.9 Å². The van der Waals surface area contributed by atoms with E-state index >= 15 is 0 Å². The minimum absolute atomic E-state index is 0.0251. The van der Waals surface area contributed by atoms with E-state index < -0.39 is 0 Å². The van der Waals surface area contributed by atoms with Gasteiger partial charge < -0.3 is 10.2 Å². The Kier molecular flexibility index (Phi) is 5.30. The van der Waals surface area contributed by atoms with E-state index in [2.05, 4.69) is 11.9 Å². The zero-order valence-corrected chi connectivity index (χ0v) is 11.6. The van der Waals surface area contributed by atoms with Crippen molar-refractivity contribution in [3.63, 3.8) is 0 Å². The highest BCUT2D eigenvalue weighted by Crippen LogP contribution is 2.12. The average molecular weight is 260 g/mol. The van der Waals surface area contributed by atoms with Crippen molar-refractivity contribution in [2.45, 2.75) is 26.8 Å². The van der Waals surface area contributed by atoms with E-state index in [0.717, 1.165) is 0 Å². The lowest BCUT2D eigenvalue weighted by atomic mass is 10.1. The van der Waals surface area contributed by atoms with Crippen LogP contribution in [0.4, 0.5) is 10.5 Å². The molecule has 0 unspecified atom stereocenters. The Hall–Kier alpha value is -2.10. The highest BCUT2D eigenvalue weighted by atomic mass is 16.2. The smallest absolute Gasteiger partial charge is 0.318 e. The van der Waals surface area contributed by atoms with Crippen molar-refractivity contribution in [3.8, 4) is 0 Å². The zero-order chi connectivity index (χ0) is 14.4. The number of amides is 2. The molecule has 0 aliphatic heterocycles. The molecular weight excluding hydrogens is 240 g/mol. The highest BCUT2D eigenvalue weighted by molar-refractivity contribution is 5.96. The molecule has 1 N–H and O–H groups in total. The molecule has 1 aromatic rings. The fourth-order valence-electron chi connectivity index (χ4n) is 1.68. The Morgan fingerprint density at radius 1 is 1.42 bits per heavy atom. The molecule has 102 valence electrons. The Balaban J connectivity index is 2.83. The minimum Gasteiger partial charge on any atom is -0.318 e. The largest absolute Gasteiger partial charge is 0.322 e. The van der Waals surface area contributed by atoms with Crippen LogP contribution in [0.1, 0.15) is 31.1 Å². The molecule has 0 saturated carbocycles. The molecule has 1 aromatic carbocycles. The molecule has 0 heterocycles. The molecule has 0 saturated heterocycles. The fraction of sp³-hybridized carbons (Fsp3) is 0.333. The Labute approximate surface area is 114 Å². The van der Waals surface area contributed by atoms with Crippen LogP contribution in [0, 0.1) is 0 Å². The minimum atomic E-state index is -0.199. The molecule has 0 aliphatic carbocycles. The second kappa shape index (κ2) is 6.73. The lowest BCUT2D eigenvalue weighted by molar-refractivity contribution is 0.101. The summed E-state index contributed by atoms with van der Waals surface area (Å²) >= 11 is 0. The van der Waals surface area contributed by atoms with E-state index in [1.807, 2.05) is 13.8 Å². The number of Topliss-reactive ketones (excluding diaryl/α,β-unsaturated/α-hetero) is 1. The van der Waals surface area contributed by atoms with Crippen LogP contribution in [0.5, 0.6) is 0 Å². The third kappa shape index (κ3) is 4.25. The van der Waals surface area contributed by atoms with Gasteiger partial charge in [0.15, 0.2) is 5.78 Å². The van der Waals surface area contributed by atoms with Crippen LogP contribution in [0.2, 0.25) is 0 Å². The van der Waals surface area contributed by atoms with Crippen LogP contribution in [-0.4, -0.2) is 29.3 Å². The number of carbonyl (C=O) groups is 2. The van der Waals surface area contributed by atoms with E-state index in [1.54, 1.807) is 35.2 Å². The van der Waals surface area contributed by atoms with Gasteiger partial charge in [0.1, 0.15) is 0 Å². The summed E-state index contributed by atoms with van der Waals surface area (Å²) in [5.74, 6) is -0.0251. The van der Waals surface area contributed by atoms with E-state index in [1.165, 1.54) is 6.92 Å². The van der Waals surface area contributed by atoms with Crippen LogP contribution in [0.25, 0.3) is 0 Å². The molecule has 0 spiro atoms. The maximum Gasteiger partial charge on any atom is 0.322 e. The van der Waals surface area contributed by atoms with E-state index in [9.17, 15) is 9.59 Å². The number of nitrogens with one attached hydrogen (secondary N) is 1. The van der Waals surface area contributed by atoms with Crippen LogP contribution in [0.15, 0.2) is 36.9 Å². The number of hydrogen-bond acceptors (Lipinski definition) is 2. The number of ketones is 1. The molecule has 0 radical (unpaired) electrons. The molecule has 4 nitrogen and oxygen atoms in total. The second-order valence-corrected chi connectivity index (χ2v) is 4.60. The Morgan fingerprint density at radius 2 is 2.11 bits per heavy atom. The summed E-state index contributed by atoms with van der Waals surface area (Å²) in [6.07, 6.45) is 1.69. The van der Waals surface area contributed by atoms with Gasteiger partial charge in [0, 0.05) is 23.8 Å². The molecule has 0 bridgehead atoms. The number of carbonyl (C=O) groups excluding carboxylic acids is 2. The first kappa shape index (κ1) is 15.0. The van der Waals surface area contributed by atoms with Gasteiger partial charge in [-0.2, -0.15) is 0 Å². The van der Waals surface area contributed by atoms with Crippen molar-refractivity contribution in [1.82, 2.24) is 4.90 Å². The van der Waals surface area contributed by atoms with Gasteiger partial charge >= 0.3 is 6.03 Å². The summed E-state index contributed by atoms with van der Waals surface area (Å²) in [6, 6.07) is 6.79. The number of anilines is 1. The van der Waals surface area contributed by atoms with E-state index in [0.29, 0.717) is 17.8 Å². The summed E-state index contributed by atoms with van der Waals surface area (Å²) < 4.78 is 0. The molecule has 4 heteroatoms. The molecule has 2 amide bonds. The normalized spacial score (nSPS) is 10.1. The first-order chi connectivity index (χ1) is 8.95. The number of urea groups is 1. The quantitative estimate of drug-likeness (QED) is 0.652. The fourth-order valence-corrected chi connectivity index (χ4v) is 1.68. The topological polar surface area (TPSA) is 49.4 Å². The standard InChI is InChI=1S/C15H20N2O2/c1-5-9-17(11(2)3)15(19)16-14-8-6-7-13(10-14)12(4)18/h5-8,10-11H,1,9H2,2-4H3,(H,16,19). The van der Waals surface area contributed by atoms with Crippen LogP contribution >= 0.6 is 0 Å². The monoisotopic (exact) mass is 260 g/mol. The first-order valence-electron chi connectivity index (χ1n) is 6.25. The number of rotatable bonds is 5. The lowest BCUT2D eigenvalue weighted by Crippen LogP contribution is -2.40. The van der Waals surface area contributed by atoms with Gasteiger partial charge in [0.2, 0.25) is 0 Å². The van der Waals surface area contributed by atoms with Gasteiger partial charge in [0.05, 0.1) is 0 Å². The molecule has 0 aliphatic rings. The maximum atomic E-state index is 12.1.